The Morgan fingerprint density at radius 1 is 1.21 bits per heavy atom. The first-order chi connectivity index (χ1) is 6.97. The Bertz CT molecular complexity index is 427. The van der Waals surface area contributed by atoms with E-state index < -0.39 is 0 Å². The monoisotopic (exact) mass is 204 g/mol. The third kappa shape index (κ3) is 2.14. The van der Waals surface area contributed by atoms with Gasteiger partial charge in [-0.25, -0.2) is 9.97 Å². The fraction of sp³-hybridized carbons (Fsp3) is 0. The smallest absolute Gasteiger partial charge is 0.177 e. The van der Waals surface area contributed by atoms with Crippen molar-refractivity contribution in [2.24, 2.45) is 0 Å². The molecule has 3 rings (SSSR count). The van der Waals surface area contributed by atoms with Gasteiger partial charge in [0.1, 0.15) is 0 Å². The first kappa shape index (κ1) is 8.83. The van der Waals surface area contributed by atoms with E-state index in [4.69, 9.17) is 0 Å². The summed E-state index contributed by atoms with van der Waals surface area (Å²) < 4.78 is 0. The van der Waals surface area contributed by atoms with Crippen LogP contribution in [0.1, 0.15) is 0 Å². The number of nitrogens with one attached hydrogen (secondary N) is 1. The molecule has 0 aliphatic rings. The van der Waals surface area contributed by atoms with Gasteiger partial charge in [-0.1, -0.05) is 0 Å². The molecule has 0 aliphatic carbocycles. The van der Waals surface area contributed by atoms with Crippen LogP contribution in [0.2, 0.25) is 0 Å². The fourth-order valence-corrected chi connectivity index (χ4v) is 1.30. The standard InChI is InChI=1S/C6H5N3.C3H3NS/c1-2-5-6(7-3-1)9-4-8-5;1-2-5-3-4-1/h1-4H,(H,7,8,9);1-3H. The van der Waals surface area contributed by atoms with Gasteiger partial charge < -0.3 is 4.98 Å². The van der Waals surface area contributed by atoms with Crippen LogP contribution in [0.5, 0.6) is 0 Å². The minimum Gasteiger partial charge on any atom is -0.343 e. The zero-order chi connectivity index (χ0) is 9.64. The summed E-state index contributed by atoms with van der Waals surface area (Å²) in [6.07, 6.45) is 5.13. The lowest BCUT2D eigenvalue weighted by molar-refractivity contribution is 1.30. The van der Waals surface area contributed by atoms with E-state index >= 15 is 0 Å². The molecule has 3 aromatic heterocycles. The summed E-state index contributed by atoms with van der Waals surface area (Å²) in [4.78, 5) is 14.6. The van der Waals surface area contributed by atoms with Gasteiger partial charge >= 0.3 is 0 Å². The van der Waals surface area contributed by atoms with Gasteiger partial charge in [0.15, 0.2) is 5.65 Å². The Labute approximate surface area is 84.7 Å². The van der Waals surface area contributed by atoms with E-state index in [-0.39, 0.29) is 0 Å². The van der Waals surface area contributed by atoms with Crippen LogP contribution < -0.4 is 0 Å². The molecule has 0 aliphatic heterocycles. The van der Waals surface area contributed by atoms with E-state index in [2.05, 4.69) is 19.9 Å². The summed E-state index contributed by atoms with van der Waals surface area (Å²) in [7, 11) is 0. The highest BCUT2D eigenvalue weighted by atomic mass is 32.1. The van der Waals surface area contributed by atoms with E-state index in [1.54, 1.807) is 35.6 Å². The lowest BCUT2D eigenvalue weighted by atomic mass is 10.4. The number of imidazole rings is 1. The number of aromatic amines is 1. The lowest BCUT2D eigenvalue weighted by Crippen LogP contribution is -1.71. The van der Waals surface area contributed by atoms with E-state index in [1.165, 1.54) is 0 Å². The van der Waals surface area contributed by atoms with Crippen LogP contribution >= 0.6 is 11.3 Å². The quantitative estimate of drug-likeness (QED) is 0.610. The minimum absolute atomic E-state index is 0.775. The van der Waals surface area contributed by atoms with Gasteiger partial charge in [0.05, 0.1) is 17.4 Å². The number of thiazole rings is 1. The predicted molar refractivity (Wildman–Crippen MR) is 56.0 cm³/mol. The molecule has 1 N–H and O–H groups in total. The highest BCUT2D eigenvalue weighted by Crippen LogP contribution is 2.01. The third-order valence-corrected chi connectivity index (χ3v) is 2.06. The first-order valence-electron chi connectivity index (χ1n) is 4.03. The molecule has 4 nitrogen and oxygen atoms in total. The van der Waals surface area contributed by atoms with Crippen molar-refractivity contribution in [3.63, 3.8) is 0 Å². The van der Waals surface area contributed by atoms with E-state index in [0.717, 1.165) is 11.2 Å². The van der Waals surface area contributed by atoms with Crippen LogP contribution in [0.25, 0.3) is 11.2 Å². The summed E-state index contributed by atoms with van der Waals surface area (Å²) in [5, 5.41) is 1.93. The highest BCUT2D eigenvalue weighted by Gasteiger charge is 1.90. The van der Waals surface area contributed by atoms with Crippen molar-refractivity contribution >= 4 is 22.5 Å². The average molecular weight is 204 g/mol. The lowest BCUT2D eigenvalue weighted by Gasteiger charge is -1.80. The Hall–Kier alpha value is -1.75. The Balaban J connectivity index is 0.000000128. The second-order valence-corrected chi connectivity index (χ2v) is 3.21. The molecule has 0 fully saturated rings. The van der Waals surface area contributed by atoms with Gasteiger partial charge in [0.2, 0.25) is 0 Å². The molecule has 0 radical (unpaired) electrons. The van der Waals surface area contributed by atoms with Crippen molar-refractivity contribution in [3.05, 3.63) is 41.7 Å². The molecule has 0 aromatic carbocycles. The van der Waals surface area contributed by atoms with Crippen LogP contribution in [0, 0.1) is 0 Å². The topological polar surface area (TPSA) is 54.5 Å². The zero-order valence-corrected chi connectivity index (χ0v) is 8.11. The second kappa shape index (κ2) is 4.48. The van der Waals surface area contributed by atoms with Crippen LogP contribution in [0.3, 0.4) is 0 Å². The molecule has 0 bridgehead atoms. The number of aromatic nitrogens is 4. The molecule has 70 valence electrons. The molecule has 3 heterocycles. The molecular formula is C9H8N4S. The van der Waals surface area contributed by atoms with Crippen LogP contribution in [0.15, 0.2) is 41.7 Å². The SMILES string of the molecule is c1cnc2nc[nH]c2c1.c1cscn1. The van der Waals surface area contributed by atoms with Crippen LogP contribution in [-0.2, 0) is 0 Å². The summed E-state index contributed by atoms with van der Waals surface area (Å²) in [5.74, 6) is 0. The van der Waals surface area contributed by atoms with E-state index in [1.807, 2.05) is 17.5 Å². The van der Waals surface area contributed by atoms with E-state index in [9.17, 15) is 0 Å². The number of nitrogens with zero attached hydrogens (tertiary/aromatic N) is 3. The van der Waals surface area contributed by atoms with Crippen molar-refractivity contribution in [1.29, 1.82) is 0 Å². The maximum atomic E-state index is 4.00. The normalized spacial score (nSPS) is 9.43. The molecular weight excluding hydrogens is 196 g/mol. The first-order valence-corrected chi connectivity index (χ1v) is 4.97. The van der Waals surface area contributed by atoms with Gasteiger partial charge in [-0.2, -0.15) is 0 Å². The third-order valence-electron chi connectivity index (χ3n) is 1.54. The highest BCUT2D eigenvalue weighted by molar-refractivity contribution is 7.07. The van der Waals surface area contributed by atoms with Crippen molar-refractivity contribution in [1.82, 2.24) is 19.9 Å². The molecule has 3 aromatic rings. The van der Waals surface area contributed by atoms with Crippen LogP contribution in [0.4, 0.5) is 0 Å². The molecule has 0 saturated carbocycles. The largest absolute Gasteiger partial charge is 0.343 e. The number of hydrogen-bond donors (Lipinski definition) is 1. The summed E-state index contributed by atoms with van der Waals surface area (Å²) >= 11 is 1.60. The van der Waals surface area contributed by atoms with Crippen molar-refractivity contribution in [2.75, 3.05) is 0 Å². The molecule has 5 heteroatoms. The van der Waals surface area contributed by atoms with Crippen LogP contribution in [-0.4, -0.2) is 19.9 Å². The van der Waals surface area contributed by atoms with Gasteiger partial charge in [-0.3, -0.25) is 4.98 Å². The number of hydrogen-bond acceptors (Lipinski definition) is 4. The van der Waals surface area contributed by atoms with Gasteiger partial charge in [0.25, 0.3) is 0 Å². The minimum atomic E-state index is 0.775. The Kier molecular flexibility index (Phi) is 2.82. The molecule has 0 saturated heterocycles. The maximum Gasteiger partial charge on any atom is 0.177 e. The number of fused-ring (bicyclic) bond motifs is 1. The average Bonchev–Trinajstić information content (AvgIpc) is 2.92. The summed E-state index contributed by atoms with van der Waals surface area (Å²) in [6.45, 7) is 0. The predicted octanol–water partition coefficient (Wildman–Crippen LogP) is 2.10. The van der Waals surface area contributed by atoms with Crippen molar-refractivity contribution in [2.45, 2.75) is 0 Å². The van der Waals surface area contributed by atoms with Gasteiger partial charge in [-0.15, -0.1) is 11.3 Å². The van der Waals surface area contributed by atoms with Crippen molar-refractivity contribution in [3.8, 4) is 0 Å². The maximum absolute atomic E-state index is 4.00. The number of rotatable bonds is 0. The molecule has 0 spiro atoms. The Morgan fingerprint density at radius 2 is 2.21 bits per heavy atom. The summed E-state index contributed by atoms with van der Waals surface area (Å²) in [5.41, 5.74) is 3.55. The van der Waals surface area contributed by atoms with Gasteiger partial charge in [0, 0.05) is 17.8 Å². The van der Waals surface area contributed by atoms with Crippen molar-refractivity contribution < 1.29 is 0 Å². The van der Waals surface area contributed by atoms with Gasteiger partial charge in [-0.05, 0) is 12.1 Å². The molecule has 0 unspecified atom stereocenters. The number of H-pyrrole nitrogens is 1. The zero-order valence-electron chi connectivity index (χ0n) is 7.29. The van der Waals surface area contributed by atoms with E-state index in [0.29, 0.717) is 0 Å². The fourth-order valence-electron chi connectivity index (χ4n) is 0.951. The molecule has 0 amide bonds. The molecule has 14 heavy (non-hydrogen) atoms. The second-order valence-electron chi connectivity index (χ2n) is 2.45. The Morgan fingerprint density at radius 3 is 2.86 bits per heavy atom. The summed E-state index contributed by atoms with van der Waals surface area (Å²) in [6, 6.07) is 3.82. The number of pyridine rings is 1. The molecule has 0 atom stereocenters.